The minimum atomic E-state index is 0.664. The van der Waals surface area contributed by atoms with Crippen LogP contribution in [0.5, 0.6) is 0 Å². The molecule has 0 unspecified atom stereocenters. The van der Waals surface area contributed by atoms with Crippen molar-refractivity contribution in [2.45, 2.75) is 6.54 Å². The second-order valence-electron chi connectivity index (χ2n) is 5.85. The van der Waals surface area contributed by atoms with Crippen LogP contribution in [-0.2, 0) is 6.54 Å². The van der Waals surface area contributed by atoms with E-state index in [4.69, 9.17) is 0 Å². The van der Waals surface area contributed by atoms with Crippen LogP contribution in [0.3, 0.4) is 0 Å². The largest absolute Gasteiger partial charge is 0.305 e. The Morgan fingerprint density at radius 1 is 0.667 bits per heavy atom. The molecule has 150 valence electrons. The summed E-state index contributed by atoms with van der Waals surface area (Å²) in [5.41, 5.74) is 10.6. The summed E-state index contributed by atoms with van der Waals surface area (Å²) in [6.07, 6.45) is 8.60. The maximum Gasteiger partial charge on any atom is 0.146 e. The third-order valence-corrected chi connectivity index (χ3v) is 3.61. The van der Waals surface area contributed by atoms with Crippen molar-refractivity contribution in [1.82, 2.24) is 25.4 Å². The monoisotopic (exact) mass is 398 g/mol. The first-order valence-electron chi connectivity index (χ1n) is 9.31. The van der Waals surface area contributed by atoms with Crippen LogP contribution in [0, 0.1) is 0 Å². The predicted octanol–water partition coefficient (Wildman–Crippen LogP) is 3.52. The number of nitrogens with one attached hydrogen (secondary N) is 3. The Hall–Kier alpha value is -4.17. The van der Waals surface area contributed by atoms with Crippen molar-refractivity contribution >= 4 is 17.9 Å². The van der Waals surface area contributed by atoms with E-state index in [0.29, 0.717) is 12.4 Å². The molecule has 3 N–H and O–H groups in total. The Labute approximate surface area is 175 Å². The summed E-state index contributed by atoms with van der Waals surface area (Å²) >= 11 is 0. The number of anilines is 2. The van der Waals surface area contributed by atoms with Gasteiger partial charge >= 0.3 is 0 Å². The molecule has 4 heterocycles. The number of hydrogen-bond donors (Lipinski definition) is 3. The van der Waals surface area contributed by atoms with E-state index in [-0.39, 0.29) is 0 Å². The highest BCUT2D eigenvalue weighted by Gasteiger charge is 1.92. The zero-order valence-electron chi connectivity index (χ0n) is 16.3. The standard InChI is InChI=1S/C11H12N4.C11H10N4/c2*1-3-7-12-10(5-1)9-14-15-11-6-2-4-8-13-11/h1-8,14H,9H2,(H,13,15);1-9H,(H,13,15)/b;14-9+. The quantitative estimate of drug-likeness (QED) is 0.323. The first kappa shape index (κ1) is 20.6. The minimum Gasteiger partial charge on any atom is -0.305 e. The molecule has 0 saturated carbocycles. The van der Waals surface area contributed by atoms with Gasteiger partial charge in [-0.1, -0.05) is 24.3 Å². The van der Waals surface area contributed by atoms with E-state index >= 15 is 0 Å². The van der Waals surface area contributed by atoms with E-state index in [1.165, 1.54) is 0 Å². The third kappa shape index (κ3) is 7.83. The van der Waals surface area contributed by atoms with Gasteiger partial charge in [-0.15, -0.1) is 0 Å². The van der Waals surface area contributed by atoms with Crippen LogP contribution in [0.1, 0.15) is 11.4 Å². The number of hydrazine groups is 1. The maximum atomic E-state index is 4.19. The molecule has 0 fully saturated rings. The minimum absolute atomic E-state index is 0.664. The SMILES string of the molecule is C(=N\Nc1ccccn1)/c1ccccn1.c1ccc(CNNc2ccccn2)nc1. The molecule has 0 atom stereocenters. The van der Waals surface area contributed by atoms with Gasteiger partial charge in [0.1, 0.15) is 11.6 Å². The number of hydrazone groups is 1. The van der Waals surface area contributed by atoms with Gasteiger partial charge in [0.15, 0.2) is 0 Å². The molecule has 0 amide bonds. The predicted molar refractivity (Wildman–Crippen MR) is 119 cm³/mol. The van der Waals surface area contributed by atoms with Crippen LogP contribution in [0.2, 0.25) is 0 Å². The van der Waals surface area contributed by atoms with Gasteiger partial charge in [0.25, 0.3) is 0 Å². The molecule has 0 aromatic carbocycles. The second kappa shape index (κ2) is 12.3. The Kier molecular flexibility index (Phi) is 8.44. The molecule has 0 aliphatic heterocycles. The van der Waals surface area contributed by atoms with E-state index < -0.39 is 0 Å². The molecule has 0 aliphatic rings. The molecule has 0 aliphatic carbocycles. The van der Waals surface area contributed by atoms with E-state index in [0.717, 1.165) is 17.2 Å². The number of aromatic nitrogens is 4. The summed E-state index contributed by atoms with van der Waals surface area (Å²) in [7, 11) is 0. The normalized spacial score (nSPS) is 10.1. The van der Waals surface area contributed by atoms with Gasteiger partial charge in [0.05, 0.1) is 24.1 Å². The summed E-state index contributed by atoms with van der Waals surface area (Å²) in [6, 6.07) is 22.8. The second-order valence-corrected chi connectivity index (χ2v) is 5.85. The molecule has 0 radical (unpaired) electrons. The molecule has 0 spiro atoms. The summed E-state index contributed by atoms with van der Waals surface area (Å²) in [5, 5.41) is 4.01. The van der Waals surface area contributed by atoms with Gasteiger partial charge in [-0.2, -0.15) is 5.10 Å². The molecular weight excluding hydrogens is 376 g/mol. The fraction of sp³-hybridized carbons (Fsp3) is 0.0455. The van der Waals surface area contributed by atoms with Crippen LogP contribution < -0.4 is 16.3 Å². The van der Waals surface area contributed by atoms with Gasteiger partial charge in [-0.05, 0) is 48.5 Å². The lowest BCUT2D eigenvalue weighted by Crippen LogP contribution is -2.21. The first-order chi connectivity index (χ1) is 14.9. The van der Waals surface area contributed by atoms with Crippen LogP contribution in [0.25, 0.3) is 0 Å². The average Bonchev–Trinajstić information content (AvgIpc) is 2.82. The summed E-state index contributed by atoms with van der Waals surface area (Å²) in [4.78, 5) is 16.5. The molecule has 0 saturated heterocycles. The molecular formula is C22H22N8. The highest BCUT2D eigenvalue weighted by Crippen LogP contribution is 1.99. The third-order valence-electron chi connectivity index (χ3n) is 3.61. The fourth-order valence-corrected chi connectivity index (χ4v) is 2.21. The number of rotatable bonds is 7. The van der Waals surface area contributed by atoms with Crippen molar-refractivity contribution in [2.75, 3.05) is 10.9 Å². The van der Waals surface area contributed by atoms with Crippen molar-refractivity contribution in [3.63, 3.8) is 0 Å². The Morgan fingerprint density at radius 2 is 1.30 bits per heavy atom. The van der Waals surface area contributed by atoms with E-state index in [1.54, 1.807) is 31.0 Å². The van der Waals surface area contributed by atoms with Gasteiger partial charge < -0.3 is 5.43 Å². The lowest BCUT2D eigenvalue weighted by Gasteiger charge is -2.06. The summed E-state index contributed by atoms with van der Waals surface area (Å²) in [5.74, 6) is 1.51. The number of nitrogens with zero attached hydrogens (tertiary/aromatic N) is 5. The van der Waals surface area contributed by atoms with E-state index in [1.807, 2.05) is 72.8 Å². The smallest absolute Gasteiger partial charge is 0.146 e. The van der Waals surface area contributed by atoms with Crippen molar-refractivity contribution in [1.29, 1.82) is 0 Å². The van der Waals surface area contributed by atoms with Crippen LogP contribution in [0.15, 0.2) is 103 Å². The summed E-state index contributed by atoms with van der Waals surface area (Å²) < 4.78 is 0. The molecule has 8 heteroatoms. The highest BCUT2D eigenvalue weighted by atomic mass is 15.4. The zero-order chi connectivity index (χ0) is 20.7. The average molecular weight is 398 g/mol. The highest BCUT2D eigenvalue weighted by molar-refractivity contribution is 5.77. The summed E-state index contributed by atoms with van der Waals surface area (Å²) in [6.45, 7) is 0.664. The lowest BCUT2D eigenvalue weighted by molar-refractivity contribution is 0.772. The molecule has 8 nitrogen and oxygen atoms in total. The Balaban J connectivity index is 0.000000171. The molecule has 30 heavy (non-hydrogen) atoms. The zero-order valence-corrected chi connectivity index (χ0v) is 16.3. The number of hydrogen-bond acceptors (Lipinski definition) is 8. The van der Waals surface area contributed by atoms with Crippen molar-refractivity contribution in [3.8, 4) is 0 Å². The molecule has 4 rings (SSSR count). The van der Waals surface area contributed by atoms with Gasteiger partial charge in [-0.25, -0.2) is 15.4 Å². The maximum absolute atomic E-state index is 4.19. The van der Waals surface area contributed by atoms with Crippen LogP contribution in [-0.4, -0.2) is 26.2 Å². The van der Waals surface area contributed by atoms with Crippen LogP contribution in [0.4, 0.5) is 11.6 Å². The van der Waals surface area contributed by atoms with Crippen molar-refractivity contribution in [3.05, 3.63) is 109 Å². The van der Waals surface area contributed by atoms with Crippen LogP contribution >= 0.6 is 0 Å². The molecule has 4 aromatic heterocycles. The van der Waals surface area contributed by atoms with Gasteiger partial charge in [0, 0.05) is 24.8 Å². The topological polar surface area (TPSA) is 100 Å². The Morgan fingerprint density at radius 3 is 1.90 bits per heavy atom. The first-order valence-corrected chi connectivity index (χ1v) is 9.31. The Bertz CT molecular complexity index is 941. The molecule has 0 bridgehead atoms. The van der Waals surface area contributed by atoms with Crippen molar-refractivity contribution < 1.29 is 0 Å². The van der Waals surface area contributed by atoms with Gasteiger partial charge in [0.2, 0.25) is 0 Å². The lowest BCUT2D eigenvalue weighted by atomic mass is 10.3. The molecule has 4 aromatic rings. The van der Waals surface area contributed by atoms with E-state index in [2.05, 4.69) is 41.3 Å². The van der Waals surface area contributed by atoms with Gasteiger partial charge in [-0.3, -0.25) is 15.4 Å². The fourth-order valence-electron chi connectivity index (χ4n) is 2.21. The number of pyridine rings is 4. The van der Waals surface area contributed by atoms with E-state index in [9.17, 15) is 0 Å². The van der Waals surface area contributed by atoms with Crippen molar-refractivity contribution in [2.24, 2.45) is 5.10 Å².